The Hall–Kier alpha value is -2.11. The van der Waals surface area contributed by atoms with Gasteiger partial charge in [0.15, 0.2) is 5.75 Å². The summed E-state index contributed by atoms with van der Waals surface area (Å²) in [6.45, 7) is 2.21. The van der Waals surface area contributed by atoms with E-state index >= 15 is 0 Å². The van der Waals surface area contributed by atoms with E-state index in [4.69, 9.17) is 4.74 Å². The summed E-state index contributed by atoms with van der Waals surface area (Å²) in [6.07, 6.45) is 4.14. The van der Waals surface area contributed by atoms with Gasteiger partial charge in [0, 0.05) is 17.7 Å². The zero-order valence-electron chi connectivity index (χ0n) is 12.3. The van der Waals surface area contributed by atoms with Crippen LogP contribution in [0.3, 0.4) is 0 Å². The van der Waals surface area contributed by atoms with Crippen LogP contribution in [0.4, 0.5) is 5.69 Å². The van der Waals surface area contributed by atoms with Crippen molar-refractivity contribution in [3.05, 3.63) is 33.9 Å². The van der Waals surface area contributed by atoms with E-state index < -0.39 is 4.92 Å². The van der Waals surface area contributed by atoms with E-state index in [1.165, 1.54) is 19.2 Å². The van der Waals surface area contributed by atoms with Gasteiger partial charge in [0.1, 0.15) is 0 Å². The van der Waals surface area contributed by atoms with Gasteiger partial charge in [0.2, 0.25) is 0 Å². The monoisotopic (exact) mass is 292 g/mol. The average Bonchev–Trinajstić information content (AvgIpc) is 2.48. The highest BCUT2D eigenvalue weighted by molar-refractivity contribution is 5.95. The Bertz CT molecular complexity index is 536. The molecule has 114 valence electrons. The minimum Gasteiger partial charge on any atom is -0.490 e. The van der Waals surface area contributed by atoms with Crippen LogP contribution in [0, 0.1) is 16.0 Å². The summed E-state index contributed by atoms with van der Waals surface area (Å²) in [4.78, 5) is 22.6. The number of nitro benzene ring substituents is 1. The number of ether oxygens (including phenoxy) is 1. The summed E-state index contributed by atoms with van der Waals surface area (Å²) in [5, 5.41) is 13.9. The first-order chi connectivity index (χ1) is 10.0. The third-order valence-corrected chi connectivity index (χ3v) is 3.99. The molecule has 1 aliphatic rings. The molecule has 0 saturated heterocycles. The molecule has 0 aliphatic heterocycles. The topological polar surface area (TPSA) is 81.5 Å². The van der Waals surface area contributed by atoms with Crippen LogP contribution >= 0.6 is 0 Å². The first kappa shape index (κ1) is 15.3. The lowest BCUT2D eigenvalue weighted by molar-refractivity contribution is -0.385. The van der Waals surface area contributed by atoms with Crippen molar-refractivity contribution >= 4 is 11.6 Å². The lowest BCUT2D eigenvalue weighted by atomic mass is 9.87. The summed E-state index contributed by atoms with van der Waals surface area (Å²) in [7, 11) is 1.37. The molecule has 0 radical (unpaired) electrons. The zero-order valence-corrected chi connectivity index (χ0v) is 12.3. The SMILES string of the molecule is COc1ccc(C(=O)NC2CCC(C)CC2)cc1[N+](=O)[O-]. The van der Waals surface area contributed by atoms with Crippen molar-refractivity contribution in [2.75, 3.05) is 7.11 Å². The number of hydrogen-bond acceptors (Lipinski definition) is 4. The number of rotatable bonds is 4. The van der Waals surface area contributed by atoms with E-state index in [9.17, 15) is 14.9 Å². The Morgan fingerprint density at radius 2 is 2.00 bits per heavy atom. The molecular formula is C15H20N2O4. The van der Waals surface area contributed by atoms with Crippen molar-refractivity contribution in [1.82, 2.24) is 5.32 Å². The molecule has 0 bridgehead atoms. The fourth-order valence-corrected chi connectivity index (χ4v) is 2.65. The maximum atomic E-state index is 12.2. The number of nitrogens with one attached hydrogen (secondary N) is 1. The fraction of sp³-hybridized carbons (Fsp3) is 0.533. The summed E-state index contributed by atoms with van der Waals surface area (Å²) in [6, 6.07) is 4.43. The van der Waals surface area contributed by atoms with Gasteiger partial charge in [0.25, 0.3) is 5.91 Å². The average molecular weight is 292 g/mol. The molecule has 0 spiro atoms. The summed E-state index contributed by atoms with van der Waals surface area (Å²) < 4.78 is 4.93. The van der Waals surface area contributed by atoms with Crippen molar-refractivity contribution in [3.8, 4) is 5.75 Å². The van der Waals surface area contributed by atoms with Crippen molar-refractivity contribution in [2.45, 2.75) is 38.6 Å². The summed E-state index contributed by atoms with van der Waals surface area (Å²) in [5.74, 6) is 0.601. The van der Waals surface area contributed by atoms with Gasteiger partial charge in [-0.1, -0.05) is 6.92 Å². The second-order valence-corrected chi connectivity index (χ2v) is 5.57. The Kier molecular flexibility index (Phi) is 4.77. The molecule has 0 heterocycles. The van der Waals surface area contributed by atoms with Crippen LogP contribution in [0.5, 0.6) is 5.75 Å². The van der Waals surface area contributed by atoms with Crippen LogP contribution < -0.4 is 10.1 Å². The summed E-state index contributed by atoms with van der Waals surface area (Å²) >= 11 is 0. The highest BCUT2D eigenvalue weighted by Gasteiger charge is 2.22. The van der Waals surface area contributed by atoms with Crippen molar-refractivity contribution < 1.29 is 14.5 Å². The van der Waals surface area contributed by atoms with Crippen LogP contribution in [0.2, 0.25) is 0 Å². The van der Waals surface area contributed by atoms with Gasteiger partial charge in [-0.3, -0.25) is 14.9 Å². The standard InChI is InChI=1S/C15H20N2O4/c1-10-3-6-12(7-4-10)16-15(18)11-5-8-14(21-2)13(9-11)17(19)20/h5,8-10,12H,3-4,6-7H2,1-2H3,(H,16,18). The fourth-order valence-electron chi connectivity index (χ4n) is 2.65. The van der Waals surface area contributed by atoms with E-state index in [0.29, 0.717) is 11.5 Å². The number of carbonyl (C=O) groups excluding carboxylic acids is 1. The molecular weight excluding hydrogens is 272 g/mol. The maximum absolute atomic E-state index is 12.2. The van der Waals surface area contributed by atoms with Crippen molar-refractivity contribution in [1.29, 1.82) is 0 Å². The van der Waals surface area contributed by atoms with Gasteiger partial charge >= 0.3 is 5.69 Å². The van der Waals surface area contributed by atoms with E-state index in [2.05, 4.69) is 12.2 Å². The van der Waals surface area contributed by atoms with Gasteiger partial charge in [-0.2, -0.15) is 0 Å². The zero-order chi connectivity index (χ0) is 15.4. The van der Waals surface area contributed by atoms with Crippen molar-refractivity contribution in [3.63, 3.8) is 0 Å². The van der Waals surface area contributed by atoms with Crippen LogP contribution in [0.1, 0.15) is 43.0 Å². The normalized spacial score (nSPS) is 21.6. The molecule has 1 aromatic carbocycles. The van der Waals surface area contributed by atoms with E-state index in [1.54, 1.807) is 6.07 Å². The lowest BCUT2D eigenvalue weighted by Gasteiger charge is -2.26. The number of carbonyl (C=O) groups is 1. The quantitative estimate of drug-likeness (QED) is 0.683. The largest absolute Gasteiger partial charge is 0.490 e. The Balaban J connectivity index is 2.09. The maximum Gasteiger partial charge on any atom is 0.311 e. The van der Waals surface area contributed by atoms with Crippen LogP contribution in [0.15, 0.2) is 18.2 Å². The molecule has 21 heavy (non-hydrogen) atoms. The molecule has 0 unspecified atom stereocenters. The van der Waals surface area contributed by atoms with Gasteiger partial charge in [0.05, 0.1) is 12.0 Å². The molecule has 0 aromatic heterocycles. The molecule has 2 rings (SSSR count). The molecule has 1 aliphatic carbocycles. The summed E-state index contributed by atoms with van der Waals surface area (Å²) in [5.41, 5.74) is 0.100. The third-order valence-electron chi connectivity index (χ3n) is 3.99. The predicted octanol–water partition coefficient (Wildman–Crippen LogP) is 2.91. The highest BCUT2D eigenvalue weighted by atomic mass is 16.6. The smallest absolute Gasteiger partial charge is 0.311 e. The van der Waals surface area contributed by atoms with Crippen LogP contribution in [0.25, 0.3) is 0 Å². The van der Waals surface area contributed by atoms with Gasteiger partial charge in [-0.25, -0.2) is 0 Å². The molecule has 1 aromatic rings. The number of hydrogen-bond donors (Lipinski definition) is 1. The molecule has 6 heteroatoms. The molecule has 1 saturated carbocycles. The van der Waals surface area contributed by atoms with Gasteiger partial charge in [-0.05, 0) is 43.7 Å². The minimum atomic E-state index is -0.544. The van der Waals surface area contributed by atoms with Crippen molar-refractivity contribution in [2.24, 2.45) is 5.92 Å². The number of methoxy groups -OCH3 is 1. The molecule has 1 N–H and O–H groups in total. The molecule has 0 atom stereocenters. The first-order valence-corrected chi connectivity index (χ1v) is 7.14. The minimum absolute atomic E-state index is 0.156. The van der Waals surface area contributed by atoms with E-state index in [-0.39, 0.29) is 23.4 Å². The Labute approximate surface area is 123 Å². The first-order valence-electron chi connectivity index (χ1n) is 7.14. The van der Waals surface area contributed by atoms with Crippen LogP contribution in [-0.2, 0) is 0 Å². The van der Waals surface area contributed by atoms with Gasteiger partial charge < -0.3 is 10.1 Å². The molecule has 6 nitrogen and oxygen atoms in total. The van der Waals surface area contributed by atoms with Gasteiger partial charge in [-0.15, -0.1) is 0 Å². The lowest BCUT2D eigenvalue weighted by Crippen LogP contribution is -2.37. The third kappa shape index (κ3) is 3.71. The number of nitro groups is 1. The van der Waals surface area contributed by atoms with E-state index in [1.807, 2.05) is 0 Å². The second-order valence-electron chi connectivity index (χ2n) is 5.57. The van der Waals surface area contributed by atoms with E-state index in [0.717, 1.165) is 25.7 Å². The number of benzene rings is 1. The second kappa shape index (κ2) is 6.56. The molecule has 1 amide bonds. The highest BCUT2D eigenvalue weighted by Crippen LogP contribution is 2.28. The number of nitrogens with zero attached hydrogens (tertiary/aromatic N) is 1. The van der Waals surface area contributed by atoms with Crippen LogP contribution in [-0.4, -0.2) is 24.0 Å². The number of amides is 1. The Morgan fingerprint density at radius 1 is 1.33 bits per heavy atom. The Morgan fingerprint density at radius 3 is 2.57 bits per heavy atom. The predicted molar refractivity (Wildman–Crippen MR) is 78.5 cm³/mol. The molecule has 1 fully saturated rings.